The van der Waals surface area contributed by atoms with Crippen LogP contribution >= 0.6 is 0 Å². The maximum Gasteiger partial charge on any atom is 0.411 e. The van der Waals surface area contributed by atoms with Crippen LogP contribution in [0.1, 0.15) is 34.1 Å². The molecule has 7 nitrogen and oxygen atoms in total. The first kappa shape index (κ1) is 17.3. The maximum absolute atomic E-state index is 12.3. The zero-order valence-corrected chi connectivity index (χ0v) is 13.3. The summed E-state index contributed by atoms with van der Waals surface area (Å²) in [5.74, 6) is -0.0529. The summed E-state index contributed by atoms with van der Waals surface area (Å²) in [5.41, 5.74) is -0.604. The second kappa shape index (κ2) is 7.28. The fourth-order valence-corrected chi connectivity index (χ4v) is 1.98. The van der Waals surface area contributed by atoms with Crippen molar-refractivity contribution in [2.24, 2.45) is 4.99 Å². The molecule has 0 N–H and O–H groups in total. The van der Waals surface area contributed by atoms with E-state index >= 15 is 0 Å². The fourth-order valence-electron chi connectivity index (χ4n) is 1.98. The van der Waals surface area contributed by atoms with Gasteiger partial charge in [-0.05, 0) is 27.7 Å². The number of amides is 1. The Morgan fingerprint density at radius 3 is 2.57 bits per heavy atom. The van der Waals surface area contributed by atoms with E-state index in [1.165, 1.54) is 12.0 Å². The zero-order valence-electron chi connectivity index (χ0n) is 13.3. The molecule has 0 fully saturated rings. The number of rotatable bonds is 3. The Morgan fingerprint density at radius 1 is 1.38 bits per heavy atom. The van der Waals surface area contributed by atoms with Gasteiger partial charge in [0.15, 0.2) is 0 Å². The van der Waals surface area contributed by atoms with Gasteiger partial charge < -0.3 is 14.2 Å². The lowest BCUT2D eigenvalue weighted by Gasteiger charge is -2.35. The molecular formula is C14H24N2O5. The van der Waals surface area contributed by atoms with Crippen LogP contribution in [0, 0.1) is 0 Å². The second-order valence-electron chi connectivity index (χ2n) is 5.62. The second-order valence-corrected chi connectivity index (χ2v) is 5.62. The molecule has 1 rings (SSSR count). The van der Waals surface area contributed by atoms with Gasteiger partial charge in [0.1, 0.15) is 11.6 Å². The highest BCUT2D eigenvalue weighted by Gasteiger charge is 2.36. The van der Waals surface area contributed by atoms with E-state index in [4.69, 9.17) is 14.2 Å². The first-order chi connectivity index (χ1) is 9.78. The number of methoxy groups -OCH3 is 1. The summed E-state index contributed by atoms with van der Waals surface area (Å²) in [6, 6.07) is -0.586. The third-order valence-electron chi connectivity index (χ3n) is 2.77. The molecule has 0 aromatic heterocycles. The predicted octanol–water partition coefficient (Wildman–Crippen LogP) is 1.60. The third kappa shape index (κ3) is 5.24. The van der Waals surface area contributed by atoms with Crippen molar-refractivity contribution in [2.45, 2.75) is 45.8 Å². The topological polar surface area (TPSA) is 77.4 Å². The molecule has 1 atom stereocenters. The van der Waals surface area contributed by atoms with Crippen LogP contribution in [0.2, 0.25) is 0 Å². The van der Waals surface area contributed by atoms with Crippen LogP contribution < -0.4 is 0 Å². The molecule has 0 bridgehead atoms. The van der Waals surface area contributed by atoms with Crippen molar-refractivity contribution in [3.05, 3.63) is 0 Å². The number of aliphatic imine (C=N–C) groups is 1. The molecule has 0 aromatic rings. The molecule has 7 heteroatoms. The smallest absolute Gasteiger partial charge is 0.411 e. The zero-order chi connectivity index (χ0) is 16.0. The Bertz CT molecular complexity index is 414. The molecule has 0 saturated heterocycles. The van der Waals surface area contributed by atoms with E-state index in [2.05, 4.69) is 4.99 Å². The van der Waals surface area contributed by atoms with Crippen molar-refractivity contribution in [2.75, 3.05) is 26.8 Å². The van der Waals surface area contributed by atoms with E-state index in [0.717, 1.165) is 0 Å². The van der Waals surface area contributed by atoms with Crippen LogP contribution in [0.15, 0.2) is 4.99 Å². The Morgan fingerprint density at radius 2 is 2.05 bits per heavy atom. The van der Waals surface area contributed by atoms with Crippen molar-refractivity contribution in [1.82, 2.24) is 4.90 Å². The summed E-state index contributed by atoms with van der Waals surface area (Å²) >= 11 is 0. The predicted molar refractivity (Wildman–Crippen MR) is 77.3 cm³/mol. The average Bonchev–Trinajstić information content (AvgIpc) is 2.37. The van der Waals surface area contributed by atoms with Crippen molar-refractivity contribution < 1.29 is 23.8 Å². The van der Waals surface area contributed by atoms with Crippen molar-refractivity contribution in [1.29, 1.82) is 0 Å². The van der Waals surface area contributed by atoms with E-state index < -0.39 is 23.7 Å². The molecule has 0 aliphatic carbocycles. The van der Waals surface area contributed by atoms with Crippen LogP contribution in [0.4, 0.5) is 4.79 Å². The first-order valence-corrected chi connectivity index (χ1v) is 7.02. The van der Waals surface area contributed by atoms with Gasteiger partial charge in [-0.2, -0.15) is 0 Å². The van der Waals surface area contributed by atoms with Gasteiger partial charge in [0.25, 0.3) is 0 Å². The fraction of sp³-hybridized carbons (Fsp3) is 0.786. The van der Waals surface area contributed by atoms with Gasteiger partial charge in [-0.15, -0.1) is 0 Å². The summed E-state index contributed by atoms with van der Waals surface area (Å²) < 4.78 is 15.5. The highest BCUT2D eigenvalue weighted by Crippen LogP contribution is 2.18. The Labute approximate surface area is 125 Å². The van der Waals surface area contributed by atoms with Crippen LogP contribution in [0.25, 0.3) is 0 Å². The largest absolute Gasteiger partial charge is 0.483 e. The summed E-state index contributed by atoms with van der Waals surface area (Å²) in [6.45, 7) is 8.20. The van der Waals surface area contributed by atoms with E-state index in [1.807, 2.05) is 0 Å². The molecule has 1 amide bonds. The van der Waals surface area contributed by atoms with Crippen molar-refractivity contribution in [3.8, 4) is 0 Å². The minimum Gasteiger partial charge on any atom is -0.483 e. The molecule has 120 valence electrons. The minimum atomic E-state index is -0.604. The van der Waals surface area contributed by atoms with Gasteiger partial charge in [0.05, 0.1) is 26.7 Å². The molecule has 1 aliphatic rings. The molecule has 21 heavy (non-hydrogen) atoms. The number of carbonyl (C=O) groups excluding carboxylic acids is 2. The Hall–Kier alpha value is -1.79. The minimum absolute atomic E-state index is 0.000242. The average molecular weight is 300 g/mol. The van der Waals surface area contributed by atoms with Crippen LogP contribution in [-0.2, 0) is 19.0 Å². The van der Waals surface area contributed by atoms with Gasteiger partial charge >= 0.3 is 12.1 Å². The van der Waals surface area contributed by atoms with E-state index in [9.17, 15) is 9.59 Å². The molecule has 1 aliphatic heterocycles. The van der Waals surface area contributed by atoms with Gasteiger partial charge in [-0.25, -0.2) is 4.79 Å². The molecular weight excluding hydrogens is 276 g/mol. The van der Waals surface area contributed by atoms with E-state index in [0.29, 0.717) is 19.0 Å². The summed E-state index contributed by atoms with van der Waals surface area (Å²) in [7, 11) is 1.47. The number of ether oxygens (including phenoxy) is 3. The monoisotopic (exact) mass is 300 g/mol. The van der Waals surface area contributed by atoms with Gasteiger partial charge in [0, 0.05) is 6.54 Å². The number of hydrogen-bond acceptors (Lipinski definition) is 6. The third-order valence-corrected chi connectivity index (χ3v) is 2.77. The lowest BCUT2D eigenvalue weighted by molar-refractivity contribution is -0.144. The van der Waals surface area contributed by atoms with Crippen molar-refractivity contribution in [3.63, 3.8) is 0 Å². The maximum atomic E-state index is 12.3. The molecule has 1 heterocycles. The molecule has 0 saturated carbocycles. The normalized spacial score (nSPS) is 18.8. The number of carbonyl (C=O) groups is 2. The Balaban J connectivity index is 2.86. The van der Waals surface area contributed by atoms with Gasteiger partial charge in [0.2, 0.25) is 5.90 Å². The van der Waals surface area contributed by atoms with Crippen LogP contribution in [0.5, 0.6) is 0 Å². The summed E-state index contributed by atoms with van der Waals surface area (Å²) in [6.07, 6.45) is -0.485. The first-order valence-electron chi connectivity index (χ1n) is 7.02. The lowest BCUT2D eigenvalue weighted by atomic mass is 10.1. The van der Waals surface area contributed by atoms with Crippen molar-refractivity contribution >= 4 is 18.0 Å². The standard InChI is InChI=1S/C14H24N2O5/c1-6-20-11(17)9-10-12(19-5)15-7-8-16(10)13(18)21-14(2,3)4/h10H,6-9H2,1-5H3. The van der Waals surface area contributed by atoms with E-state index in [1.54, 1.807) is 27.7 Å². The number of esters is 1. The lowest BCUT2D eigenvalue weighted by Crippen LogP contribution is -2.52. The SMILES string of the molecule is CCOC(=O)CC1C(OC)=NCCN1C(=O)OC(C)(C)C. The van der Waals surface area contributed by atoms with Crippen LogP contribution in [0.3, 0.4) is 0 Å². The molecule has 0 radical (unpaired) electrons. The highest BCUT2D eigenvalue weighted by molar-refractivity contribution is 5.90. The highest BCUT2D eigenvalue weighted by atomic mass is 16.6. The molecule has 1 unspecified atom stereocenters. The van der Waals surface area contributed by atoms with Crippen LogP contribution in [-0.4, -0.2) is 61.3 Å². The quantitative estimate of drug-likeness (QED) is 0.740. The molecule has 0 spiro atoms. The summed E-state index contributed by atoms with van der Waals surface area (Å²) in [4.78, 5) is 29.7. The van der Waals surface area contributed by atoms with Gasteiger partial charge in [-0.3, -0.25) is 14.7 Å². The summed E-state index contributed by atoms with van der Waals surface area (Å²) in [5, 5.41) is 0. The Kier molecular flexibility index (Phi) is 5.99. The number of nitrogens with zero attached hydrogens (tertiary/aromatic N) is 2. The molecule has 0 aromatic carbocycles. The number of hydrogen-bond donors (Lipinski definition) is 0. The van der Waals surface area contributed by atoms with E-state index in [-0.39, 0.29) is 13.0 Å². The van der Waals surface area contributed by atoms with Gasteiger partial charge in [-0.1, -0.05) is 0 Å².